The predicted molar refractivity (Wildman–Crippen MR) is 47.4 cm³/mol. The second-order valence-electron chi connectivity index (χ2n) is 2.87. The number of carbonyl (C=O) groups excluding carboxylic acids is 1. The number of methoxy groups -OCH3 is 1. The van der Waals surface area contributed by atoms with E-state index in [-0.39, 0.29) is 0 Å². The summed E-state index contributed by atoms with van der Waals surface area (Å²) in [6, 6.07) is -0.672. The molecule has 0 unspecified atom stereocenters. The van der Waals surface area contributed by atoms with Crippen molar-refractivity contribution >= 4 is 23.7 Å². The van der Waals surface area contributed by atoms with E-state index in [1.54, 1.807) is 6.92 Å². The maximum atomic E-state index is 11.2. The average Bonchev–Trinajstić information content (AvgIpc) is 2.48. The topological polar surface area (TPSA) is 75.6 Å². The molecular weight excluding hydrogens is 194 g/mol. The number of carbonyl (C=O) groups is 2. The summed E-state index contributed by atoms with van der Waals surface area (Å²) in [6.45, 7) is 1.62. The number of rotatable bonds is 2. The van der Waals surface area contributed by atoms with E-state index in [1.807, 2.05) is 0 Å². The molecule has 0 aromatic carbocycles. The molecule has 13 heavy (non-hydrogen) atoms. The van der Waals surface area contributed by atoms with Crippen LogP contribution in [0, 0.1) is 0 Å². The lowest BCUT2D eigenvalue weighted by atomic mass is 10.2. The fourth-order valence-corrected chi connectivity index (χ4v) is 2.26. The van der Waals surface area contributed by atoms with E-state index in [2.05, 4.69) is 10.1 Å². The van der Waals surface area contributed by atoms with Crippen LogP contribution in [-0.2, 0) is 14.3 Å². The molecule has 0 aromatic heterocycles. The van der Waals surface area contributed by atoms with Gasteiger partial charge in [-0.3, -0.25) is 10.1 Å². The summed E-state index contributed by atoms with van der Waals surface area (Å²) in [5.41, 5.74) is 0. The summed E-state index contributed by atoms with van der Waals surface area (Å²) in [5.74, 6) is -1.01. The van der Waals surface area contributed by atoms with Gasteiger partial charge in [-0.15, -0.1) is 11.8 Å². The first-order chi connectivity index (χ1) is 5.99. The third-order valence-corrected chi connectivity index (χ3v) is 3.22. The van der Waals surface area contributed by atoms with Crippen molar-refractivity contribution in [2.75, 3.05) is 12.9 Å². The highest BCUT2D eigenvalue weighted by Crippen LogP contribution is 2.30. The molecule has 0 spiro atoms. The van der Waals surface area contributed by atoms with Crippen molar-refractivity contribution in [1.82, 2.24) is 5.32 Å². The molecule has 6 heteroatoms. The van der Waals surface area contributed by atoms with Crippen LogP contribution >= 0.6 is 11.8 Å². The van der Waals surface area contributed by atoms with Crippen LogP contribution in [0.1, 0.15) is 6.92 Å². The Hall–Kier alpha value is -0.750. The standard InChI is InChI=1S/C7H11NO4S/c1-7(6(11)12-2)8-4(3-13-7)5(9)10/h4,8H,3H2,1-2H3,(H,9,10)/t4-,7-/m0/s1. The number of hydrogen-bond donors (Lipinski definition) is 2. The van der Waals surface area contributed by atoms with Crippen LogP contribution in [0.3, 0.4) is 0 Å². The molecule has 1 aliphatic heterocycles. The molecule has 74 valence electrons. The second kappa shape index (κ2) is 3.55. The quantitative estimate of drug-likeness (QED) is 0.601. The molecule has 0 amide bonds. The van der Waals surface area contributed by atoms with Crippen molar-refractivity contribution in [2.45, 2.75) is 17.8 Å². The monoisotopic (exact) mass is 205 g/mol. The van der Waals surface area contributed by atoms with Gasteiger partial charge in [0.1, 0.15) is 6.04 Å². The number of carboxylic acids is 1. The van der Waals surface area contributed by atoms with Crippen molar-refractivity contribution in [2.24, 2.45) is 0 Å². The number of nitrogens with one attached hydrogen (secondary N) is 1. The Morgan fingerprint density at radius 3 is 2.69 bits per heavy atom. The summed E-state index contributed by atoms with van der Waals surface area (Å²) in [7, 11) is 1.28. The van der Waals surface area contributed by atoms with Crippen molar-refractivity contribution in [3.05, 3.63) is 0 Å². The molecule has 0 saturated carbocycles. The zero-order valence-corrected chi connectivity index (χ0v) is 8.18. The number of esters is 1. The lowest BCUT2D eigenvalue weighted by Crippen LogP contribution is -2.48. The van der Waals surface area contributed by atoms with E-state index in [9.17, 15) is 9.59 Å². The molecule has 1 rings (SSSR count). The fourth-order valence-electron chi connectivity index (χ4n) is 1.11. The van der Waals surface area contributed by atoms with Gasteiger partial charge < -0.3 is 9.84 Å². The molecule has 1 heterocycles. The normalized spacial score (nSPS) is 32.9. The van der Waals surface area contributed by atoms with Gasteiger partial charge in [0.15, 0.2) is 4.87 Å². The van der Waals surface area contributed by atoms with Crippen LogP contribution in [0.15, 0.2) is 0 Å². The highest BCUT2D eigenvalue weighted by atomic mass is 32.2. The van der Waals surface area contributed by atoms with Gasteiger partial charge in [0.05, 0.1) is 7.11 Å². The maximum absolute atomic E-state index is 11.2. The maximum Gasteiger partial charge on any atom is 0.336 e. The summed E-state index contributed by atoms with van der Waals surface area (Å²) in [4.78, 5) is 20.9. The molecule has 2 atom stereocenters. The number of thioether (sulfide) groups is 1. The van der Waals surface area contributed by atoms with Gasteiger partial charge in [-0.1, -0.05) is 0 Å². The number of carboxylic acid groups (broad SMARTS) is 1. The number of ether oxygens (including phenoxy) is 1. The lowest BCUT2D eigenvalue weighted by molar-refractivity contribution is -0.145. The highest BCUT2D eigenvalue weighted by molar-refractivity contribution is 8.01. The third-order valence-electron chi connectivity index (χ3n) is 1.86. The molecule has 5 nitrogen and oxygen atoms in total. The fraction of sp³-hybridized carbons (Fsp3) is 0.714. The molecule has 0 bridgehead atoms. The Labute approximate surface area is 79.8 Å². The van der Waals surface area contributed by atoms with Crippen molar-refractivity contribution in [1.29, 1.82) is 0 Å². The van der Waals surface area contributed by atoms with Gasteiger partial charge in [-0.2, -0.15) is 0 Å². The van der Waals surface area contributed by atoms with Crippen molar-refractivity contribution in [3.8, 4) is 0 Å². The summed E-state index contributed by atoms with van der Waals surface area (Å²) in [5, 5.41) is 11.4. The zero-order valence-electron chi connectivity index (χ0n) is 7.36. The minimum absolute atomic E-state index is 0.376. The average molecular weight is 205 g/mol. The summed E-state index contributed by atoms with van der Waals surface area (Å²) in [6.07, 6.45) is 0. The summed E-state index contributed by atoms with van der Waals surface area (Å²) < 4.78 is 4.55. The zero-order chi connectivity index (χ0) is 10.1. The first kappa shape index (κ1) is 10.3. The van der Waals surface area contributed by atoms with Gasteiger partial charge in [-0.05, 0) is 6.92 Å². The number of aliphatic carboxylic acids is 1. The number of hydrogen-bond acceptors (Lipinski definition) is 5. The van der Waals surface area contributed by atoms with Crippen LogP contribution in [0.25, 0.3) is 0 Å². The van der Waals surface area contributed by atoms with Gasteiger partial charge >= 0.3 is 11.9 Å². The van der Waals surface area contributed by atoms with Gasteiger partial charge in [-0.25, -0.2) is 4.79 Å². The lowest BCUT2D eigenvalue weighted by Gasteiger charge is -2.20. The first-order valence-corrected chi connectivity index (χ1v) is 4.71. The van der Waals surface area contributed by atoms with Crippen LogP contribution < -0.4 is 5.32 Å². The minimum Gasteiger partial charge on any atom is -0.480 e. The van der Waals surface area contributed by atoms with Crippen LogP contribution in [0.5, 0.6) is 0 Å². The second-order valence-corrected chi connectivity index (χ2v) is 4.31. The van der Waals surface area contributed by atoms with E-state index in [1.165, 1.54) is 18.9 Å². The largest absolute Gasteiger partial charge is 0.480 e. The predicted octanol–water partition coefficient (Wildman–Crippen LogP) is -0.335. The molecule has 0 aliphatic carbocycles. The Morgan fingerprint density at radius 1 is 1.69 bits per heavy atom. The Balaban J connectivity index is 2.66. The minimum atomic E-state index is -0.944. The smallest absolute Gasteiger partial charge is 0.336 e. The van der Waals surface area contributed by atoms with Crippen LogP contribution in [0.4, 0.5) is 0 Å². The molecule has 0 radical (unpaired) electrons. The van der Waals surface area contributed by atoms with E-state index in [0.29, 0.717) is 5.75 Å². The van der Waals surface area contributed by atoms with Gasteiger partial charge in [0.25, 0.3) is 0 Å². The molecule has 0 aromatic rings. The molecule has 1 saturated heterocycles. The van der Waals surface area contributed by atoms with Crippen molar-refractivity contribution < 1.29 is 19.4 Å². The third kappa shape index (κ3) is 1.94. The first-order valence-electron chi connectivity index (χ1n) is 3.72. The molecule has 1 aliphatic rings. The van der Waals surface area contributed by atoms with E-state index >= 15 is 0 Å². The van der Waals surface area contributed by atoms with Crippen LogP contribution in [0.2, 0.25) is 0 Å². The van der Waals surface area contributed by atoms with Gasteiger partial charge in [0, 0.05) is 5.75 Å². The van der Waals surface area contributed by atoms with Crippen LogP contribution in [-0.4, -0.2) is 40.8 Å². The Morgan fingerprint density at radius 2 is 2.31 bits per heavy atom. The van der Waals surface area contributed by atoms with E-state index in [4.69, 9.17) is 5.11 Å². The highest BCUT2D eigenvalue weighted by Gasteiger charge is 2.44. The SMILES string of the molecule is COC(=O)[C@@]1(C)N[C@H](C(=O)O)CS1. The molecule has 1 fully saturated rings. The Bertz CT molecular complexity index is 245. The Kier molecular flexibility index (Phi) is 2.82. The molecular formula is C7H11NO4S. The molecule has 2 N–H and O–H groups in total. The van der Waals surface area contributed by atoms with Gasteiger partial charge in [0.2, 0.25) is 0 Å². The van der Waals surface area contributed by atoms with Crippen molar-refractivity contribution in [3.63, 3.8) is 0 Å². The summed E-state index contributed by atoms with van der Waals surface area (Å²) >= 11 is 1.25. The van der Waals surface area contributed by atoms with E-state index in [0.717, 1.165) is 0 Å². The van der Waals surface area contributed by atoms with E-state index < -0.39 is 22.9 Å².